The molecule has 0 aliphatic carbocycles. The predicted molar refractivity (Wildman–Crippen MR) is 94.7 cm³/mol. The zero-order chi connectivity index (χ0) is 16.1. The lowest BCUT2D eigenvalue weighted by atomic mass is 10.2. The number of imidazole rings is 1. The molecule has 0 aliphatic rings. The van der Waals surface area contributed by atoms with E-state index in [-0.39, 0.29) is 6.61 Å². The summed E-state index contributed by atoms with van der Waals surface area (Å²) in [6.45, 7) is 0.675. The molecule has 0 radical (unpaired) electrons. The van der Waals surface area contributed by atoms with E-state index in [9.17, 15) is 5.11 Å². The van der Waals surface area contributed by atoms with Gasteiger partial charge in [-0.25, -0.2) is 4.98 Å². The van der Waals surface area contributed by atoms with Crippen LogP contribution in [0.4, 0.5) is 0 Å². The molecule has 0 amide bonds. The molecule has 0 unspecified atom stereocenters. The number of thioether (sulfide) groups is 1. The van der Waals surface area contributed by atoms with Gasteiger partial charge in [0.05, 0.1) is 18.5 Å². The van der Waals surface area contributed by atoms with Crippen LogP contribution in [0.1, 0.15) is 16.8 Å². The quantitative estimate of drug-likeness (QED) is 0.675. The Hall–Kier alpha value is -1.75. The van der Waals surface area contributed by atoms with Gasteiger partial charge in [-0.15, -0.1) is 0 Å². The van der Waals surface area contributed by atoms with Crippen molar-refractivity contribution in [2.24, 2.45) is 0 Å². The third-order valence-electron chi connectivity index (χ3n) is 3.56. The van der Waals surface area contributed by atoms with Crippen molar-refractivity contribution in [3.05, 3.63) is 82.6 Å². The zero-order valence-electron chi connectivity index (χ0n) is 12.5. The fourth-order valence-corrected chi connectivity index (χ4v) is 3.61. The van der Waals surface area contributed by atoms with Crippen LogP contribution in [0.15, 0.2) is 66.0 Å². The Balaban J connectivity index is 1.80. The van der Waals surface area contributed by atoms with Crippen molar-refractivity contribution in [2.45, 2.75) is 24.1 Å². The van der Waals surface area contributed by atoms with E-state index >= 15 is 0 Å². The van der Waals surface area contributed by atoms with Gasteiger partial charge in [0.15, 0.2) is 5.16 Å². The average molecular weight is 345 g/mol. The Bertz CT molecular complexity index is 774. The summed E-state index contributed by atoms with van der Waals surface area (Å²) in [4.78, 5) is 4.45. The molecule has 0 fully saturated rings. The number of benzene rings is 2. The molecule has 1 heterocycles. The van der Waals surface area contributed by atoms with Gasteiger partial charge in [-0.3, -0.25) is 0 Å². The molecule has 0 atom stereocenters. The SMILES string of the molecule is OCc1cnc(SCc2ccccc2Cl)n1Cc1ccccc1. The minimum Gasteiger partial charge on any atom is -0.390 e. The lowest BCUT2D eigenvalue weighted by Gasteiger charge is -2.11. The molecule has 0 saturated heterocycles. The van der Waals surface area contributed by atoms with Crippen LogP contribution in [0.5, 0.6) is 0 Å². The van der Waals surface area contributed by atoms with Crippen LogP contribution in [0.3, 0.4) is 0 Å². The van der Waals surface area contributed by atoms with Crippen molar-refractivity contribution >= 4 is 23.4 Å². The van der Waals surface area contributed by atoms with Gasteiger partial charge >= 0.3 is 0 Å². The first kappa shape index (κ1) is 16.1. The normalized spacial score (nSPS) is 10.9. The molecule has 5 heteroatoms. The van der Waals surface area contributed by atoms with E-state index in [0.29, 0.717) is 6.54 Å². The van der Waals surface area contributed by atoms with Crippen LogP contribution >= 0.6 is 23.4 Å². The van der Waals surface area contributed by atoms with Crippen molar-refractivity contribution in [3.63, 3.8) is 0 Å². The van der Waals surface area contributed by atoms with Crippen molar-refractivity contribution in [3.8, 4) is 0 Å². The molecule has 0 saturated carbocycles. The van der Waals surface area contributed by atoms with Gasteiger partial charge in [0.25, 0.3) is 0 Å². The molecule has 3 rings (SSSR count). The van der Waals surface area contributed by atoms with Crippen LogP contribution in [0, 0.1) is 0 Å². The van der Waals surface area contributed by atoms with Crippen molar-refractivity contribution < 1.29 is 5.11 Å². The summed E-state index contributed by atoms with van der Waals surface area (Å²) < 4.78 is 2.05. The van der Waals surface area contributed by atoms with Crippen LogP contribution in [-0.4, -0.2) is 14.7 Å². The maximum Gasteiger partial charge on any atom is 0.168 e. The highest BCUT2D eigenvalue weighted by Crippen LogP contribution is 2.27. The van der Waals surface area contributed by atoms with Gasteiger partial charge in [-0.1, -0.05) is 71.9 Å². The third kappa shape index (κ3) is 3.96. The molecular formula is C18H17ClN2OS. The number of aliphatic hydroxyl groups excluding tert-OH is 1. The first-order valence-electron chi connectivity index (χ1n) is 7.33. The molecule has 1 aromatic heterocycles. The summed E-state index contributed by atoms with van der Waals surface area (Å²) >= 11 is 7.84. The molecule has 118 valence electrons. The summed E-state index contributed by atoms with van der Waals surface area (Å²) in [6.07, 6.45) is 1.73. The second-order valence-corrected chi connectivity index (χ2v) is 6.49. The Morgan fingerprint density at radius 1 is 1.04 bits per heavy atom. The molecule has 1 N–H and O–H groups in total. The summed E-state index contributed by atoms with van der Waals surface area (Å²) in [5.41, 5.74) is 3.08. The highest BCUT2D eigenvalue weighted by Gasteiger charge is 2.11. The maximum atomic E-state index is 9.55. The lowest BCUT2D eigenvalue weighted by molar-refractivity contribution is 0.270. The molecule has 3 aromatic rings. The Morgan fingerprint density at radius 3 is 2.52 bits per heavy atom. The molecular weight excluding hydrogens is 328 g/mol. The second-order valence-electron chi connectivity index (χ2n) is 5.14. The number of hydrogen-bond acceptors (Lipinski definition) is 3. The first-order chi connectivity index (χ1) is 11.3. The van der Waals surface area contributed by atoms with Crippen LogP contribution in [0.25, 0.3) is 0 Å². The van der Waals surface area contributed by atoms with E-state index in [0.717, 1.165) is 27.2 Å². The van der Waals surface area contributed by atoms with Gasteiger partial charge in [0.1, 0.15) is 0 Å². The van der Waals surface area contributed by atoms with Gasteiger partial charge in [0.2, 0.25) is 0 Å². The minimum atomic E-state index is -0.0213. The minimum absolute atomic E-state index is 0.0213. The maximum absolute atomic E-state index is 9.55. The monoisotopic (exact) mass is 344 g/mol. The average Bonchev–Trinajstić information content (AvgIpc) is 2.97. The summed E-state index contributed by atoms with van der Waals surface area (Å²) in [5, 5.41) is 11.2. The van der Waals surface area contributed by atoms with E-state index in [2.05, 4.69) is 21.7 Å². The standard InChI is InChI=1S/C18H17ClN2OS/c19-17-9-5-4-8-15(17)13-23-18-20-10-16(12-22)21(18)11-14-6-2-1-3-7-14/h1-10,22H,11-13H2. The van der Waals surface area contributed by atoms with E-state index in [1.54, 1.807) is 18.0 Å². The van der Waals surface area contributed by atoms with Gasteiger partial charge in [-0.05, 0) is 17.2 Å². The highest BCUT2D eigenvalue weighted by molar-refractivity contribution is 7.98. The van der Waals surface area contributed by atoms with Crippen molar-refractivity contribution in [1.82, 2.24) is 9.55 Å². The second kappa shape index (κ2) is 7.68. The van der Waals surface area contributed by atoms with Crippen LogP contribution < -0.4 is 0 Å². The first-order valence-corrected chi connectivity index (χ1v) is 8.69. The van der Waals surface area contributed by atoms with E-state index in [1.807, 2.05) is 42.5 Å². The van der Waals surface area contributed by atoms with Crippen LogP contribution in [0.2, 0.25) is 5.02 Å². The number of aliphatic hydroxyl groups is 1. The number of halogens is 1. The number of nitrogens with zero attached hydrogens (tertiary/aromatic N) is 2. The molecule has 0 bridgehead atoms. The van der Waals surface area contributed by atoms with E-state index < -0.39 is 0 Å². The number of aromatic nitrogens is 2. The molecule has 23 heavy (non-hydrogen) atoms. The predicted octanol–water partition coefficient (Wildman–Crippen LogP) is 4.37. The van der Waals surface area contributed by atoms with E-state index in [1.165, 1.54) is 5.56 Å². The fraction of sp³-hybridized carbons (Fsp3) is 0.167. The van der Waals surface area contributed by atoms with Crippen molar-refractivity contribution in [2.75, 3.05) is 0 Å². The van der Waals surface area contributed by atoms with Crippen molar-refractivity contribution in [1.29, 1.82) is 0 Å². The summed E-state index contributed by atoms with van der Waals surface area (Å²) in [6, 6.07) is 18.0. The Kier molecular flexibility index (Phi) is 5.39. The Labute approximate surface area is 144 Å². The Morgan fingerprint density at radius 2 is 1.78 bits per heavy atom. The number of hydrogen-bond donors (Lipinski definition) is 1. The largest absolute Gasteiger partial charge is 0.390 e. The topological polar surface area (TPSA) is 38.1 Å². The smallest absolute Gasteiger partial charge is 0.168 e. The van der Waals surface area contributed by atoms with Crippen LogP contribution in [-0.2, 0) is 18.9 Å². The molecule has 2 aromatic carbocycles. The zero-order valence-corrected chi connectivity index (χ0v) is 14.1. The molecule has 0 spiro atoms. The summed E-state index contributed by atoms with van der Waals surface area (Å²) in [5.74, 6) is 0.746. The fourth-order valence-electron chi connectivity index (χ4n) is 2.33. The molecule has 0 aliphatic heterocycles. The lowest BCUT2D eigenvalue weighted by Crippen LogP contribution is -2.06. The van der Waals surface area contributed by atoms with E-state index in [4.69, 9.17) is 11.6 Å². The van der Waals surface area contributed by atoms with Gasteiger partial charge in [0, 0.05) is 17.3 Å². The van der Waals surface area contributed by atoms with Gasteiger partial charge < -0.3 is 9.67 Å². The molecule has 3 nitrogen and oxygen atoms in total. The number of rotatable bonds is 6. The summed E-state index contributed by atoms with van der Waals surface area (Å²) in [7, 11) is 0. The highest BCUT2D eigenvalue weighted by atomic mass is 35.5. The third-order valence-corrected chi connectivity index (χ3v) is 4.97. The van der Waals surface area contributed by atoms with Gasteiger partial charge in [-0.2, -0.15) is 0 Å².